The number of aliphatic imine (C=N–C) groups is 5. The van der Waals surface area contributed by atoms with Crippen LogP contribution < -0.4 is 10.6 Å². The molecule has 0 bridgehead atoms. The van der Waals surface area contributed by atoms with Crippen LogP contribution in [0.2, 0.25) is 0 Å². The summed E-state index contributed by atoms with van der Waals surface area (Å²) in [5, 5.41) is 6.49. The molecule has 0 aromatic carbocycles. The fraction of sp³-hybridized carbons (Fsp3) is 0.808. The van der Waals surface area contributed by atoms with Gasteiger partial charge in [-0.3, -0.25) is 20.0 Å². The Morgan fingerprint density at radius 1 is 0.722 bits per heavy atom. The first-order valence-electron chi connectivity index (χ1n) is 12.7. The first-order valence-corrected chi connectivity index (χ1v) is 12.7. The lowest BCUT2D eigenvalue weighted by Crippen LogP contribution is -2.38. The molecule has 206 valence electrons. The largest absolute Gasteiger partial charge is 0.479 e. The molecule has 0 saturated carbocycles. The van der Waals surface area contributed by atoms with Crippen molar-refractivity contribution in [1.29, 1.82) is 0 Å². The maximum atomic E-state index is 5.11. The predicted molar refractivity (Wildman–Crippen MR) is 151 cm³/mol. The minimum absolute atomic E-state index is 0.212. The topological polar surface area (TPSA) is 114 Å². The second-order valence-electron chi connectivity index (χ2n) is 10.7. The van der Waals surface area contributed by atoms with Gasteiger partial charge < -0.3 is 24.8 Å². The first-order chi connectivity index (χ1) is 16.7. The average molecular weight is 508 g/mol. The van der Waals surface area contributed by atoms with E-state index in [1.54, 1.807) is 0 Å². The number of rotatable bonds is 0. The van der Waals surface area contributed by atoms with Gasteiger partial charge in [0.1, 0.15) is 19.3 Å². The lowest BCUT2D eigenvalue weighted by atomic mass is 10.1. The van der Waals surface area contributed by atoms with Crippen molar-refractivity contribution in [3.05, 3.63) is 0 Å². The van der Waals surface area contributed by atoms with E-state index in [4.69, 9.17) is 14.2 Å². The summed E-state index contributed by atoms with van der Waals surface area (Å²) in [7, 11) is 0. The number of ether oxygens (including phenoxy) is 3. The molecule has 36 heavy (non-hydrogen) atoms. The zero-order valence-corrected chi connectivity index (χ0v) is 24.4. The number of amidine groups is 2. The summed E-state index contributed by atoms with van der Waals surface area (Å²) in [6, 6.07) is 0.389. The molecule has 0 amide bonds. The van der Waals surface area contributed by atoms with Gasteiger partial charge in [-0.15, -0.1) is 0 Å². The SMILES string of the molecule is CC1=NC(C)CO1.CC1=NCC(C)(C)N1.CC1=NCC(C)(C)N1.CC1=NCC(C)O1.CC1=NCCO1. The third-order valence-corrected chi connectivity index (χ3v) is 5.08. The molecule has 5 aliphatic heterocycles. The molecule has 0 aliphatic carbocycles. The lowest BCUT2D eigenvalue weighted by Gasteiger charge is -2.16. The van der Waals surface area contributed by atoms with Gasteiger partial charge in [-0.25, -0.2) is 4.99 Å². The number of nitrogens with zero attached hydrogens (tertiary/aromatic N) is 5. The summed E-state index contributed by atoms with van der Waals surface area (Å²) in [5.74, 6) is 4.61. The Balaban J connectivity index is 0.000000226. The molecule has 10 nitrogen and oxygen atoms in total. The van der Waals surface area contributed by atoms with Crippen molar-refractivity contribution >= 4 is 29.4 Å². The van der Waals surface area contributed by atoms with Gasteiger partial charge in [-0.2, -0.15) is 0 Å². The first kappa shape index (κ1) is 31.4. The van der Waals surface area contributed by atoms with Gasteiger partial charge in [0.15, 0.2) is 17.7 Å². The Morgan fingerprint density at radius 3 is 1.39 bits per heavy atom. The molecule has 2 unspecified atom stereocenters. The van der Waals surface area contributed by atoms with Crippen LogP contribution in [0.5, 0.6) is 0 Å². The average Bonchev–Trinajstić information content (AvgIpc) is 3.57. The van der Waals surface area contributed by atoms with Crippen molar-refractivity contribution in [1.82, 2.24) is 10.6 Å². The molecule has 2 N–H and O–H groups in total. The highest BCUT2D eigenvalue weighted by Gasteiger charge is 2.22. The zero-order chi connectivity index (χ0) is 27.4. The van der Waals surface area contributed by atoms with Crippen LogP contribution in [0.4, 0.5) is 0 Å². The number of hydrogen-bond acceptors (Lipinski definition) is 10. The quantitative estimate of drug-likeness (QED) is 0.519. The van der Waals surface area contributed by atoms with E-state index in [0.717, 1.165) is 68.8 Å². The second-order valence-corrected chi connectivity index (χ2v) is 10.7. The van der Waals surface area contributed by atoms with Crippen LogP contribution in [0.25, 0.3) is 0 Å². The van der Waals surface area contributed by atoms with E-state index < -0.39 is 0 Å². The van der Waals surface area contributed by atoms with E-state index in [1.165, 1.54) is 0 Å². The van der Waals surface area contributed by atoms with Crippen LogP contribution in [0.15, 0.2) is 25.0 Å². The van der Waals surface area contributed by atoms with Gasteiger partial charge in [0.25, 0.3) is 0 Å². The van der Waals surface area contributed by atoms with Crippen molar-refractivity contribution in [2.45, 2.75) is 99.4 Å². The lowest BCUT2D eigenvalue weighted by molar-refractivity contribution is 0.244. The smallest absolute Gasteiger partial charge is 0.180 e. The van der Waals surface area contributed by atoms with E-state index in [1.807, 2.05) is 48.5 Å². The van der Waals surface area contributed by atoms with E-state index >= 15 is 0 Å². The van der Waals surface area contributed by atoms with Gasteiger partial charge in [-0.1, -0.05) is 0 Å². The Labute approximate surface area is 218 Å². The molecule has 10 heteroatoms. The minimum atomic E-state index is 0.212. The Morgan fingerprint density at radius 2 is 1.28 bits per heavy atom. The van der Waals surface area contributed by atoms with Crippen molar-refractivity contribution in [3.8, 4) is 0 Å². The predicted octanol–water partition coefficient (Wildman–Crippen LogP) is 3.66. The van der Waals surface area contributed by atoms with Crippen LogP contribution in [0, 0.1) is 0 Å². The maximum Gasteiger partial charge on any atom is 0.180 e. The zero-order valence-electron chi connectivity index (χ0n) is 24.4. The summed E-state index contributed by atoms with van der Waals surface area (Å²) < 4.78 is 15.0. The van der Waals surface area contributed by atoms with Crippen molar-refractivity contribution in [2.75, 3.05) is 39.4 Å². The van der Waals surface area contributed by atoms with Gasteiger partial charge in [0.2, 0.25) is 0 Å². The molecule has 0 aromatic rings. The highest BCUT2D eigenvalue weighted by atomic mass is 16.5. The molecule has 2 atom stereocenters. The fourth-order valence-electron chi connectivity index (χ4n) is 3.46. The van der Waals surface area contributed by atoms with Crippen molar-refractivity contribution in [2.24, 2.45) is 25.0 Å². The van der Waals surface area contributed by atoms with Crippen molar-refractivity contribution in [3.63, 3.8) is 0 Å². The highest BCUT2D eigenvalue weighted by Crippen LogP contribution is 2.08. The van der Waals surface area contributed by atoms with Gasteiger partial charge in [0, 0.05) is 20.8 Å². The minimum Gasteiger partial charge on any atom is -0.479 e. The molecule has 5 rings (SSSR count). The van der Waals surface area contributed by atoms with Crippen LogP contribution in [0.1, 0.15) is 76.2 Å². The molecule has 0 fully saturated rings. The molecular weight excluding hydrogens is 458 g/mol. The summed E-state index contributed by atoms with van der Waals surface area (Å²) in [6.07, 6.45) is 0.319. The van der Waals surface area contributed by atoms with E-state index in [0.29, 0.717) is 12.1 Å². The van der Waals surface area contributed by atoms with Crippen LogP contribution in [-0.2, 0) is 14.2 Å². The van der Waals surface area contributed by atoms with Gasteiger partial charge in [-0.05, 0) is 55.4 Å². The summed E-state index contributed by atoms with van der Waals surface area (Å²) in [4.78, 5) is 20.4. The van der Waals surface area contributed by atoms with Crippen LogP contribution >= 0.6 is 0 Å². The van der Waals surface area contributed by atoms with Gasteiger partial charge >= 0.3 is 0 Å². The Kier molecular flexibility index (Phi) is 12.9. The van der Waals surface area contributed by atoms with E-state index in [2.05, 4.69) is 63.3 Å². The molecule has 0 radical (unpaired) electrons. The third-order valence-electron chi connectivity index (χ3n) is 5.08. The summed E-state index contributed by atoms with van der Waals surface area (Å²) in [5.41, 5.74) is 0.425. The van der Waals surface area contributed by atoms with Crippen LogP contribution in [0.3, 0.4) is 0 Å². The molecule has 0 aromatic heterocycles. The molecule has 5 heterocycles. The van der Waals surface area contributed by atoms with Gasteiger partial charge in [0.05, 0.1) is 55.0 Å². The monoisotopic (exact) mass is 507 g/mol. The molecule has 0 spiro atoms. The molecule has 5 aliphatic rings. The summed E-state index contributed by atoms with van der Waals surface area (Å²) >= 11 is 0. The van der Waals surface area contributed by atoms with Crippen LogP contribution in [-0.4, -0.2) is 92.0 Å². The summed E-state index contributed by atoms with van der Waals surface area (Å²) in [6.45, 7) is 27.3. The normalized spacial score (nSPS) is 25.7. The standard InChI is InChI=1S/2C6H12N2.2C5H9NO.C4H7NO/c2*1-5-7-4-6(2,3)8-5;1-4-3-7-5(2)6-4;1-4-3-6-5(2)7-4;1-4-5-2-3-6-4/h2*4H2,1-3H3,(H,7,8);2*4H,3H2,1-2H3;2-3H2,1H3. The number of nitrogens with one attached hydrogen (secondary N) is 2. The van der Waals surface area contributed by atoms with E-state index in [9.17, 15) is 0 Å². The second kappa shape index (κ2) is 14.8. The number of hydrogen-bond donors (Lipinski definition) is 2. The van der Waals surface area contributed by atoms with Crippen molar-refractivity contribution < 1.29 is 14.2 Å². The highest BCUT2D eigenvalue weighted by molar-refractivity contribution is 5.82. The van der Waals surface area contributed by atoms with E-state index in [-0.39, 0.29) is 11.1 Å². The molecule has 0 saturated heterocycles. The molecular formula is C26H49N7O3. The third kappa shape index (κ3) is 14.7. The maximum absolute atomic E-state index is 5.11. The fourth-order valence-corrected chi connectivity index (χ4v) is 3.46. The Hall–Kier alpha value is -2.65. The Bertz CT molecular complexity index is 812.